The first-order chi connectivity index (χ1) is 10.1. The molecule has 0 aliphatic carbocycles. The van der Waals surface area contributed by atoms with E-state index in [2.05, 4.69) is 37.2 Å². The lowest BCUT2D eigenvalue weighted by atomic mass is 10.1. The van der Waals surface area contributed by atoms with Gasteiger partial charge < -0.3 is 10.1 Å². The third-order valence-corrected chi connectivity index (χ3v) is 4.37. The normalized spacial score (nSPS) is 12.3. The number of nitrogens with one attached hydrogen (secondary N) is 1. The van der Waals surface area contributed by atoms with Gasteiger partial charge in [-0.3, -0.25) is 4.79 Å². The second-order valence-electron chi connectivity index (χ2n) is 4.80. The number of hydrogen-bond donors (Lipinski definition) is 1. The smallest absolute Gasteiger partial charge is 0.251 e. The second kappa shape index (κ2) is 7.92. The van der Waals surface area contributed by atoms with Gasteiger partial charge in [0.15, 0.2) is 0 Å². The molecule has 1 atom stereocenters. The van der Waals surface area contributed by atoms with Crippen LogP contribution in [0.25, 0.3) is 10.8 Å². The van der Waals surface area contributed by atoms with E-state index >= 15 is 0 Å². The number of ether oxygens (including phenoxy) is 1. The number of fused-ring (bicyclic) bond motifs is 1. The number of hydrogen-bond acceptors (Lipinski definition) is 2. The SMILES string of the molecule is COCC(Br)CCNC(=O)c1ccc2cc(Br)ccc2c1. The summed E-state index contributed by atoms with van der Waals surface area (Å²) in [5, 5.41) is 5.10. The molecule has 0 saturated carbocycles. The molecule has 0 aromatic heterocycles. The van der Waals surface area contributed by atoms with Gasteiger partial charge in [0.05, 0.1) is 6.61 Å². The van der Waals surface area contributed by atoms with Gasteiger partial charge in [0.1, 0.15) is 0 Å². The Kier molecular flexibility index (Phi) is 6.21. The van der Waals surface area contributed by atoms with Crippen LogP contribution >= 0.6 is 31.9 Å². The van der Waals surface area contributed by atoms with Gasteiger partial charge in [0.25, 0.3) is 5.91 Å². The summed E-state index contributed by atoms with van der Waals surface area (Å²) in [5.41, 5.74) is 0.683. The van der Waals surface area contributed by atoms with Crippen LogP contribution in [0.15, 0.2) is 40.9 Å². The zero-order chi connectivity index (χ0) is 15.2. The Hall–Kier alpha value is -0.910. The Morgan fingerprint density at radius 1 is 1.24 bits per heavy atom. The number of alkyl halides is 1. The van der Waals surface area contributed by atoms with Crippen LogP contribution in [-0.2, 0) is 4.74 Å². The summed E-state index contributed by atoms with van der Waals surface area (Å²) in [4.78, 5) is 12.4. The summed E-state index contributed by atoms with van der Waals surface area (Å²) in [6.07, 6.45) is 0.833. The Labute approximate surface area is 141 Å². The predicted octanol–water partition coefficient (Wildman–Crippen LogP) is 4.13. The quantitative estimate of drug-likeness (QED) is 0.721. The molecule has 1 unspecified atom stereocenters. The Bertz CT molecular complexity index is 631. The van der Waals surface area contributed by atoms with Gasteiger partial charge >= 0.3 is 0 Å². The summed E-state index contributed by atoms with van der Waals surface area (Å²) >= 11 is 6.95. The molecule has 3 nitrogen and oxygen atoms in total. The van der Waals surface area contributed by atoms with E-state index in [1.165, 1.54) is 0 Å². The highest BCUT2D eigenvalue weighted by molar-refractivity contribution is 9.10. The molecule has 0 spiro atoms. The molecule has 0 heterocycles. The van der Waals surface area contributed by atoms with Crippen LogP contribution in [0.3, 0.4) is 0 Å². The van der Waals surface area contributed by atoms with Gasteiger partial charge in [-0.1, -0.05) is 44.0 Å². The third kappa shape index (κ3) is 4.80. The number of carbonyl (C=O) groups excluding carboxylic acids is 1. The minimum atomic E-state index is -0.0445. The largest absolute Gasteiger partial charge is 0.384 e. The molecule has 2 aromatic carbocycles. The number of methoxy groups -OCH3 is 1. The Morgan fingerprint density at radius 3 is 2.71 bits per heavy atom. The second-order valence-corrected chi connectivity index (χ2v) is 7.01. The molecule has 5 heteroatoms. The van der Waals surface area contributed by atoms with E-state index in [-0.39, 0.29) is 10.7 Å². The predicted molar refractivity (Wildman–Crippen MR) is 93.2 cm³/mol. The van der Waals surface area contributed by atoms with Crippen molar-refractivity contribution in [2.45, 2.75) is 11.2 Å². The van der Waals surface area contributed by atoms with Gasteiger partial charge in [-0.05, 0) is 41.5 Å². The van der Waals surface area contributed by atoms with Crippen LogP contribution in [0.2, 0.25) is 0 Å². The molecule has 1 amide bonds. The highest BCUT2D eigenvalue weighted by Gasteiger charge is 2.08. The maximum Gasteiger partial charge on any atom is 0.251 e. The molecule has 0 fully saturated rings. The lowest BCUT2D eigenvalue weighted by Crippen LogP contribution is -2.26. The van der Waals surface area contributed by atoms with Gasteiger partial charge in [0.2, 0.25) is 0 Å². The number of rotatable bonds is 6. The number of carbonyl (C=O) groups is 1. The summed E-state index contributed by atoms with van der Waals surface area (Å²) < 4.78 is 6.08. The molecule has 0 saturated heterocycles. The van der Waals surface area contributed by atoms with Crippen molar-refractivity contribution >= 4 is 48.5 Å². The van der Waals surface area contributed by atoms with Crippen molar-refractivity contribution in [1.82, 2.24) is 5.32 Å². The van der Waals surface area contributed by atoms with E-state index in [9.17, 15) is 4.79 Å². The summed E-state index contributed by atoms with van der Waals surface area (Å²) in [6, 6.07) is 11.8. The molecule has 1 N–H and O–H groups in total. The van der Waals surface area contributed by atoms with Crippen molar-refractivity contribution in [3.05, 3.63) is 46.4 Å². The number of benzene rings is 2. The van der Waals surface area contributed by atoms with Gasteiger partial charge in [-0.25, -0.2) is 0 Å². The fraction of sp³-hybridized carbons (Fsp3) is 0.312. The van der Waals surface area contributed by atoms with Gasteiger partial charge in [0, 0.05) is 28.5 Å². The van der Waals surface area contributed by atoms with Crippen molar-refractivity contribution < 1.29 is 9.53 Å². The van der Waals surface area contributed by atoms with Crippen LogP contribution in [0.4, 0.5) is 0 Å². The van der Waals surface area contributed by atoms with E-state index in [1.807, 2.05) is 36.4 Å². The first kappa shape index (κ1) is 16.5. The van der Waals surface area contributed by atoms with Crippen molar-refractivity contribution in [2.75, 3.05) is 20.3 Å². The highest BCUT2D eigenvalue weighted by Crippen LogP contribution is 2.21. The molecule has 0 aliphatic heterocycles. The highest BCUT2D eigenvalue weighted by atomic mass is 79.9. The fourth-order valence-electron chi connectivity index (χ4n) is 2.07. The molecule has 2 rings (SSSR count). The summed E-state index contributed by atoms with van der Waals surface area (Å²) in [6.45, 7) is 1.26. The Morgan fingerprint density at radius 2 is 1.95 bits per heavy atom. The Balaban J connectivity index is 1.98. The van der Waals surface area contributed by atoms with E-state index in [4.69, 9.17) is 4.74 Å². The lowest BCUT2D eigenvalue weighted by Gasteiger charge is -2.10. The average molecular weight is 415 g/mol. The summed E-state index contributed by atoms with van der Waals surface area (Å²) in [5.74, 6) is -0.0445. The molecule has 2 aromatic rings. The first-order valence-corrected chi connectivity index (χ1v) is 8.41. The van der Waals surface area contributed by atoms with E-state index in [1.54, 1.807) is 7.11 Å². The molecule has 0 aliphatic rings. The molecule has 112 valence electrons. The van der Waals surface area contributed by atoms with E-state index < -0.39 is 0 Å². The van der Waals surface area contributed by atoms with E-state index in [0.717, 1.165) is 21.7 Å². The zero-order valence-corrected chi connectivity index (χ0v) is 14.9. The van der Waals surface area contributed by atoms with Crippen LogP contribution in [-0.4, -0.2) is 31.0 Å². The van der Waals surface area contributed by atoms with Gasteiger partial charge in [-0.2, -0.15) is 0 Å². The molecular weight excluding hydrogens is 398 g/mol. The topological polar surface area (TPSA) is 38.3 Å². The van der Waals surface area contributed by atoms with Crippen LogP contribution in [0, 0.1) is 0 Å². The average Bonchev–Trinajstić information content (AvgIpc) is 2.46. The maximum absolute atomic E-state index is 12.1. The van der Waals surface area contributed by atoms with Crippen molar-refractivity contribution in [3.8, 4) is 0 Å². The maximum atomic E-state index is 12.1. The monoisotopic (exact) mass is 413 g/mol. The van der Waals surface area contributed by atoms with Gasteiger partial charge in [-0.15, -0.1) is 0 Å². The number of halogens is 2. The third-order valence-electron chi connectivity index (χ3n) is 3.16. The number of amides is 1. The lowest BCUT2D eigenvalue weighted by molar-refractivity contribution is 0.0952. The van der Waals surface area contributed by atoms with Crippen LogP contribution in [0.1, 0.15) is 16.8 Å². The minimum absolute atomic E-state index is 0.0445. The van der Waals surface area contributed by atoms with Crippen molar-refractivity contribution in [2.24, 2.45) is 0 Å². The summed E-state index contributed by atoms with van der Waals surface area (Å²) in [7, 11) is 1.67. The van der Waals surface area contributed by atoms with Crippen LogP contribution in [0.5, 0.6) is 0 Å². The molecular formula is C16H17Br2NO2. The molecule has 0 radical (unpaired) electrons. The zero-order valence-electron chi connectivity index (χ0n) is 11.7. The van der Waals surface area contributed by atoms with E-state index in [0.29, 0.717) is 18.7 Å². The van der Waals surface area contributed by atoms with Crippen molar-refractivity contribution in [3.63, 3.8) is 0 Å². The molecule has 21 heavy (non-hydrogen) atoms. The minimum Gasteiger partial charge on any atom is -0.384 e. The standard InChI is InChI=1S/C16H17Br2NO2/c1-21-10-15(18)6-7-19-16(20)13-3-2-12-9-14(17)5-4-11(12)8-13/h2-5,8-9,15H,6-7,10H2,1H3,(H,19,20). The van der Waals surface area contributed by atoms with Crippen molar-refractivity contribution in [1.29, 1.82) is 0 Å². The van der Waals surface area contributed by atoms with Crippen LogP contribution < -0.4 is 5.32 Å². The molecule has 0 bridgehead atoms. The first-order valence-electron chi connectivity index (χ1n) is 6.70. The fourth-order valence-corrected chi connectivity index (χ4v) is 2.94.